The van der Waals surface area contributed by atoms with Crippen molar-refractivity contribution in [3.63, 3.8) is 0 Å². The van der Waals surface area contributed by atoms with E-state index >= 15 is 0 Å². The maximum Gasteiger partial charge on any atom is 0.405 e. The molecule has 5 rings (SSSR count). The summed E-state index contributed by atoms with van der Waals surface area (Å²) in [5.41, 5.74) is -1.50. The maximum absolute atomic E-state index is 14.0. The molecule has 240 valence electrons. The van der Waals surface area contributed by atoms with E-state index in [1.807, 2.05) is 19.1 Å². The molecule has 4 N–H and O–H groups in total. The van der Waals surface area contributed by atoms with Crippen molar-refractivity contribution in [2.24, 2.45) is 17.8 Å². The molecule has 0 bridgehead atoms. The van der Waals surface area contributed by atoms with Crippen molar-refractivity contribution in [2.75, 3.05) is 6.54 Å². The Hall–Kier alpha value is -3.39. The van der Waals surface area contributed by atoms with Gasteiger partial charge in [-0.15, -0.1) is 0 Å². The van der Waals surface area contributed by atoms with Crippen molar-refractivity contribution >= 4 is 45.4 Å². The molecule has 15 heteroatoms. The van der Waals surface area contributed by atoms with E-state index in [0.717, 1.165) is 6.42 Å². The largest absolute Gasteiger partial charge is 0.472 e. The van der Waals surface area contributed by atoms with Gasteiger partial charge in [0.2, 0.25) is 27.7 Å². The predicted octanol–water partition coefficient (Wildman–Crippen LogP) is 2.22. The highest BCUT2D eigenvalue weighted by Gasteiger charge is 2.62. The lowest BCUT2D eigenvalue weighted by molar-refractivity contribution is -0.142. The molecule has 2 saturated carbocycles. The Bertz CT molecular complexity index is 1450. The highest BCUT2D eigenvalue weighted by Crippen LogP contribution is 2.46. The number of carboxylic acid groups (broad SMARTS) is 1. The van der Waals surface area contributed by atoms with E-state index < -0.39 is 68.7 Å². The third-order valence-corrected chi connectivity index (χ3v) is 10.9. The molecule has 4 amide bonds. The molecule has 2 aliphatic heterocycles. The van der Waals surface area contributed by atoms with Crippen molar-refractivity contribution in [3.05, 3.63) is 35.5 Å². The number of aromatic nitrogens is 1. The van der Waals surface area contributed by atoms with Gasteiger partial charge in [-0.3, -0.25) is 19.1 Å². The summed E-state index contributed by atoms with van der Waals surface area (Å²) in [6.45, 7) is 3.77. The molecular weight excluding hydrogens is 614 g/mol. The normalized spacial score (nSPS) is 33.5. The first kappa shape index (κ1) is 32.0. The third kappa shape index (κ3) is 7.12. The Kier molecular flexibility index (Phi) is 9.13. The van der Waals surface area contributed by atoms with Gasteiger partial charge in [0.25, 0.3) is 5.91 Å². The fraction of sp³-hybridized carbons (Fsp3) is 0.621. The number of hydrogen-bond acceptors (Lipinski definition) is 8. The number of pyridine rings is 1. The van der Waals surface area contributed by atoms with Crippen molar-refractivity contribution < 1.29 is 37.4 Å². The molecule has 0 spiro atoms. The number of rotatable bonds is 6. The molecule has 3 fully saturated rings. The van der Waals surface area contributed by atoms with E-state index in [0.29, 0.717) is 30.7 Å². The molecule has 1 aromatic rings. The topological polar surface area (TPSA) is 184 Å². The lowest BCUT2D eigenvalue weighted by Crippen LogP contribution is -2.59. The zero-order valence-corrected chi connectivity index (χ0v) is 26.1. The minimum absolute atomic E-state index is 0.0227. The zero-order chi connectivity index (χ0) is 31.8. The molecule has 44 heavy (non-hydrogen) atoms. The molecule has 2 aliphatic carbocycles. The average molecular weight is 652 g/mol. The van der Waals surface area contributed by atoms with Crippen LogP contribution < -0.4 is 20.1 Å². The summed E-state index contributed by atoms with van der Waals surface area (Å²) < 4.78 is 33.4. The molecule has 3 heterocycles. The van der Waals surface area contributed by atoms with Gasteiger partial charge in [-0.2, -0.15) is 0 Å². The van der Waals surface area contributed by atoms with Gasteiger partial charge in [0, 0.05) is 29.6 Å². The number of carbonyl (C=O) groups is 4. The summed E-state index contributed by atoms with van der Waals surface area (Å²) in [5, 5.41) is 14.5. The van der Waals surface area contributed by atoms with Crippen LogP contribution in [0.5, 0.6) is 5.88 Å². The first-order valence-corrected chi connectivity index (χ1v) is 16.8. The molecule has 1 aromatic heterocycles. The number of amides is 4. The van der Waals surface area contributed by atoms with Gasteiger partial charge >= 0.3 is 6.09 Å². The van der Waals surface area contributed by atoms with Gasteiger partial charge in [-0.1, -0.05) is 37.6 Å². The minimum atomic E-state index is -3.88. The molecule has 1 saturated heterocycles. The van der Waals surface area contributed by atoms with Crippen LogP contribution in [-0.2, 0) is 24.4 Å². The highest BCUT2D eigenvalue weighted by molar-refractivity contribution is 7.91. The lowest BCUT2D eigenvalue weighted by Gasteiger charge is -2.32. The summed E-state index contributed by atoms with van der Waals surface area (Å²) in [7, 11) is -3.88. The molecule has 7 atom stereocenters. The van der Waals surface area contributed by atoms with Crippen LogP contribution in [0, 0.1) is 17.8 Å². The summed E-state index contributed by atoms with van der Waals surface area (Å²) in [6.07, 6.45) is 6.26. The average Bonchev–Trinajstić information content (AvgIpc) is 3.86. The predicted molar refractivity (Wildman–Crippen MR) is 159 cm³/mol. The molecule has 0 unspecified atom stereocenters. The fourth-order valence-electron chi connectivity index (χ4n) is 6.25. The Labute approximate surface area is 261 Å². The first-order chi connectivity index (χ1) is 20.8. The van der Waals surface area contributed by atoms with Crippen LogP contribution in [0.25, 0.3) is 0 Å². The quantitative estimate of drug-likeness (QED) is 0.335. The highest BCUT2D eigenvalue weighted by atomic mass is 35.5. The maximum atomic E-state index is 14.0. The number of ether oxygens (including phenoxy) is 1. The number of allylic oxidation sites excluding steroid dienone is 1. The Morgan fingerprint density at radius 3 is 2.64 bits per heavy atom. The van der Waals surface area contributed by atoms with Gasteiger partial charge in [0.05, 0.1) is 11.8 Å². The van der Waals surface area contributed by atoms with E-state index in [1.54, 1.807) is 13.0 Å². The molecular formula is C29H38ClN5O8S. The van der Waals surface area contributed by atoms with Crippen molar-refractivity contribution in [1.82, 2.24) is 25.2 Å². The van der Waals surface area contributed by atoms with Crippen LogP contribution in [-0.4, -0.2) is 82.7 Å². The lowest BCUT2D eigenvalue weighted by atomic mass is 9.88. The Balaban J connectivity index is 1.47. The van der Waals surface area contributed by atoms with Crippen LogP contribution in [0.3, 0.4) is 0 Å². The Morgan fingerprint density at radius 1 is 1.20 bits per heavy atom. The SMILES string of the molecule is C[C@@H]1CC/C=C\[C@@H]2C[C@@]2(C(=O)NS(=O)(=O)C2CC2)NC(=O)[C@@H]2C[C@@H](Oc3cc(Cl)ccn3)CN2C(=O)[C@@H](NC(=O)O)[C@H](C)C1. The number of nitrogens with one attached hydrogen (secondary N) is 3. The smallest absolute Gasteiger partial charge is 0.405 e. The van der Waals surface area contributed by atoms with Gasteiger partial charge in [0.15, 0.2) is 0 Å². The number of sulfonamides is 1. The second-order valence-corrected chi connectivity index (χ2v) is 14.9. The van der Waals surface area contributed by atoms with Gasteiger partial charge in [-0.05, 0) is 56.4 Å². The van der Waals surface area contributed by atoms with Crippen LogP contribution in [0.2, 0.25) is 5.02 Å². The third-order valence-electron chi connectivity index (χ3n) is 8.88. The van der Waals surface area contributed by atoms with Crippen LogP contribution >= 0.6 is 11.6 Å². The summed E-state index contributed by atoms with van der Waals surface area (Å²) in [5.74, 6) is -2.56. The standard InChI is InChI=1S/C29H38ClN5O8S/c1-16-5-3-4-6-18-14-29(18,27(38)34-44(41,42)21-7-8-21)33-25(36)22-13-20(43-23-12-19(30)9-10-31-23)15-35(22)26(37)24(17(2)11-16)32-28(39)40/h4,6,9-10,12,16-18,20-22,24,32H,3,5,7-8,11,13-15H2,1-2H3,(H,33,36)(H,34,38)(H,39,40)/b6-4-/t16-,17-,18-,20-,22+,24+,29-/m1/s1. The van der Waals surface area contributed by atoms with E-state index in [9.17, 15) is 32.7 Å². The minimum Gasteiger partial charge on any atom is -0.472 e. The van der Waals surface area contributed by atoms with E-state index in [2.05, 4.69) is 20.3 Å². The summed E-state index contributed by atoms with van der Waals surface area (Å²) >= 11 is 6.08. The van der Waals surface area contributed by atoms with Crippen molar-refractivity contribution in [1.29, 1.82) is 0 Å². The van der Waals surface area contributed by atoms with Crippen LogP contribution in [0.4, 0.5) is 4.79 Å². The van der Waals surface area contributed by atoms with Crippen molar-refractivity contribution in [2.45, 2.75) is 87.8 Å². The fourth-order valence-corrected chi connectivity index (χ4v) is 7.76. The van der Waals surface area contributed by atoms with Crippen LogP contribution in [0.1, 0.15) is 58.8 Å². The van der Waals surface area contributed by atoms with E-state index in [-0.39, 0.29) is 37.1 Å². The second-order valence-electron chi connectivity index (χ2n) is 12.5. The van der Waals surface area contributed by atoms with Crippen LogP contribution in [0.15, 0.2) is 30.5 Å². The van der Waals surface area contributed by atoms with E-state index in [1.165, 1.54) is 17.2 Å². The van der Waals surface area contributed by atoms with Crippen molar-refractivity contribution in [3.8, 4) is 5.88 Å². The summed E-state index contributed by atoms with van der Waals surface area (Å²) in [6, 6.07) is 0.805. The molecule has 0 radical (unpaired) electrons. The molecule has 0 aromatic carbocycles. The summed E-state index contributed by atoms with van der Waals surface area (Å²) in [4.78, 5) is 58.7. The number of fused-ring (bicyclic) bond motifs is 2. The van der Waals surface area contributed by atoms with Gasteiger partial charge < -0.3 is 25.4 Å². The number of halogens is 1. The number of hydrogen-bond donors (Lipinski definition) is 4. The second kappa shape index (κ2) is 12.5. The first-order valence-electron chi connectivity index (χ1n) is 14.9. The number of nitrogens with zero attached hydrogens (tertiary/aromatic N) is 2. The zero-order valence-electron chi connectivity index (χ0n) is 24.6. The number of carbonyl (C=O) groups excluding carboxylic acids is 3. The van der Waals surface area contributed by atoms with Gasteiger partial charge in [0.1, 0.15) is 23.7 Å². The molecule has 13 nitrogen and oxygen atoms in total. The molecule has 4 aliphatic rings. The van der Waals surface area contributed by atoms with E-state index in [4.69, 9.17) is 16.3 Å². The van der Waals surface area contributed by atoms with Gasteiger partial charge in [-0.25, -0.2) is 18.2 Å². The monoisotopic (exact) mass is 651 g/mol. The Morgan fingerprint density at radius 2 is 1.95 bits per heavy atom.